The zero-order valence-electron chi connectivity index (χ0n) is 21.6. The van der Waals surface area contributed by atoms with Crippen molar-refractivity contribution >= 4 is 11.0 Å². The van der Waals surface area contributed by atoms with Gasteiger partial charge >= 0.3 is 0 Å². The van der Waals surface area contributed by atoms with Crippen LogP contribution in [-0.2, 0) is 5.41 Å². The first-order valence-corrected chi connectivity index (χ1v) is 13.5. The van der Waals surface area contributed by atoms with Crippen LogP contribution in [0.1, 0.15) is 22.3 Å². The minimum atomic E-state index is -0.562. The van der Waals surface area contributed by atoms with E-state index in [1.165, 1.54) is 33.4 Å². The van der Waals surface area contributed by atoms with E-state index in [0.717, 1.165) is 22.5 Å². The molecule has 0 aliphatic carbocycles. The molecule has 2 aromatic heterocycles. The molecule has 4 heteroatoms. The Morgan fingerprint density at radius 3 is 1.85 bits per heavy atom. The molecule has 0 unspecified atom stereocenters. The summed E-state index contributed by atoms with van der Waals surface area (Å²) in [6.07, 6.45) is 3.55. The van der Waals surface area contributed by atoms with Gasteiger partial charge in [0.15, 0.2) is 11.6 Å². The third kappa shape index (κ3) is 3.17. The summed E-state index contributed by atoms with van der Waals surface area (Å²) in [5.41, 5.74) is 9.69. The summed E-state index contributed by atoms with van der Waals surface area (Å²) in [4.78, 5) is 14.3. The SMILES string of the molecule is c1ccc(-c2ccc3c(c2)C(c2ccccc2)(c2ccccc2)c2cccc4nc(-c5ncccn5)n-3c24)cc1. The van der Waals surface area contributed by atoms with Crippen molar-refractivity contribution in [1.82, 2.24) is 19.5 Å². The molecule has 7 aromatic rings. The fourth-order valence-corrected chi connectivity index (χ4v) is 6.38. The maximum absolute atomic E-state index is 5.12. The second kappa shape index (κ2) is 8.85. The van der Waals surface area contributed by atoms with E-state index in [2.05, 4.69) is 142 Å². The summed E-state index contributed by atoms with van der Waals surface area (Å²) < 4.78 is 2.26. The molecule has 4 nitrogen and oxygen atoms in total. The van der Waals surface area contributed by atoms with Crippen LogP contribution in [0.2, 0.25) is 0 Å². The van der Waals surface area contributed by atoms with Gasteiger partial charge in [-0.25, -0.2) is 15.0 Å². The van der Waals surface area contributed by atoms with E-state index in [4.69, 9.17) is 4.98 Å². The molecular formula is C36H24N4. The average Bonchev–Trinajstić information content (AvgIpc) is 3.44. The molecule has 0 saturated carbocycles. The topological polar surface area (TPSA) is 43.6 Å². The first-order valence-electron chi connectivity index (χ1n) is 13.5. The van der Waals surface area contributed by atoms with Crippen molar-refractivity contribution in [3.63, 3.8) is 0 Å². The molecule has 40 heavy (non-hydrogen) atoms. The Labute approximate surface area is 232 Å². The third-order valence-corrected chi connectivity index (χ3v) is 8.01. The van der Waals surface area contributed by atoms with Gasteiger partial charge in [-0.1, -0.05) is 109 Å². The number of imidazole rings is 1. The Morgan fingerprint density at radius 1 is 0.525 bits per heavy atom. The molecule has 0 N–H and O–H groups in total. The van der Waals surface area contributed by atoms with Crippen LogP contribution in [0.4, 0.5) is 0 Å². The van der Waals surface area contributed by atoms with Gasteiger partial charge in [-0.15, -0.1) is 0 Å². The molecule has 3 heterocycles. The molecule has 5 aromatic carbocycles. The van der Waals surface area contributed by atoms with Crippen LogP contribution in [0.5, 0.6) is 0 Å². The minimum absolute atomic E-state index is 0.562. The van der Waals surface area contributed by atoms with E-state index in [-0.39, 0.29) is 0 Å². The number of benzene rings is 5. The summed E-state index contributed by atoms with van der Waals surface area (Å²) >= 11 is 0. The number of fused-ring (bicyclic) bond motifs is 2. The highest BCUT2D eigenvalue weighted by molar-refractivity contribution is 5.92. The number of aromatic nitrogens is 4. The van der Waals surface area contributed by atoms with Gasteiger partial charge in [0, 0.05) is 12.4 Å². The lowest BCUT2D eigenvalue weighted by atomic mass is 9.63. The highest BCUT2D eigenvalue weighted by Gasteiger charge is 2.45. The lowest BCUT2D eigenvalue weighted by molar-refractivity contribution is 0.725. The van der Waals surface area contributed by atoms with Crippen molar-refractivity contribution in [1.29, 1.82) is 0 Å². The Hall–Kier alpha value is -5.35. The molecular weight excluding hydrogens is 488 g/mol. The average molecular weight is 513 g/mol. The van der Waals surface area contributed by atoms with Crippen molar-refractivity contribution in [3.8, 4) is 28.5 Å². The van der Waals surface area contributed by atoms with Gasteiger partial charge in [-0.3, -0.25) is 4.57 Å². The van der Waals surface area contributed by atoms with Gasteiger partial charge in [0.25, 0.3) is 0 Å². The summed E-state index contributed by atoms with van der Waals surface area (Å²) in [7, 11) is 0. The molecule has 0 spiro atoms. The Morgan fingerprint density at radius 2 is 1.18 bits per heavy atom. The molecule has 0 fully saturated rings. The van der Waals surface area contributed by atoms with Gasteiger partial charge in [-0.05, 0) is 57.6 Å². The van der Waals surface area contributed by atoms with Gasteiger partial charge < -0.3 is 0 Å². The van der Waals surface area contributed by atoms with Crippen LogP contribution in [0.25, 0.3) is 39.5 Å². The van der Waals surface area contributed by atoms with E-state index in [9.17, 15) is 0 Å². The molecule has 0 saturated heterocycles. The quantitative estimate of drug-likeness (QED) is 0.241. The monoisotopic (exact) mass is 512 g/mol. The highest BCUT2D eigenvalue weighted by Crippen LogP contribution is 2.53. The maximum atomic E-state index is 5.12. The highest BCUT2D eigenvalue weighted by atomic mass is 15.1. The van der Waals surface area contributed by atoms with Crippen LogP contribution in [-0.4, -0.2) is 19.5 Å². The predicted molar refractivity (Wildman–Crippen MR) is 159 cm³/mol. The van der Waals surface area contributed by atoms with Crippen LogP contribution < -0.4 is 0 Å². The molecule has 188 valence electrons. The van der Waals surface area contributed by atoms with Gasteiger partial charge in [0.1, 0.15) is 0 Å². The summed E-state index contributed by atoms with van der Waals surface area (Å²) in [5, 5.41) is 0. The lowest BCUT2D eigenvalue weighted by Gasteiger charge is -2.41. The second-order valence-corrected chi connectivity index (χ2v) is 10.1. The lowest BCUT2D eigenvalue weighted by Crippen LogP contribution is -2.35. The van der Waals surface area contributed by atoms with Crippen LogP contribution in [0.3, 0.4) is 0 Å². The van der Waals surface area contributed by atoms with Crippen molar-refractivity contribution in [3.05, 3.63) is 168 Å². The molecule has 0 amide bonds. The first kappa shape index (κ1) is 22.6. The zero-order chi connectivity index (χ0) is 26.5. The molecule has 1 aliphatic heterocycles. The number of hydrogen-bond donors (Lipinski definition) is 0. The standard InChI is InChI=1S/C36H24N4/c1-4-12-25(13-5-1)26-20-21-32-30(24-26)36(27-14-6-2-7-15-27,28-16-8-3-9-17-28)29-18-10-19-31-33(29)40(32)35(39-31)34-37-22-11-23-38-34/h1-24H. The van der Waals surface area contributed by atoms with E-state index in [1.807, 2.05) is 6.07 Å². The molecule has 8 rings (SSSR count). The van der Waals surface area contributed by atoms with Crippen molar-refractivity contribution in [2.24, 2.45) is 0 Å². The van der Waals surface area contributed by atoms with Crippen LogP contribution in [0, 0.1) is 0 Å². The van der Waals surface area contributed by atoms with Crippen molar-refractivity contribution < 1.29 is 0 Å². The smallest absolute Gasteiger partial charge is 0.196 e. The normalized spacial score (nSPS) is 13.2. The van der Waals surface area contributed by atoms with Crippen molar-refractivity contribution in [2.45, 2.75) is 5.41 Å². The Bertz CT molecular complexity index is 1940. The van der Waals surface area contributed by atoms with Gasteiger partial charge in [0.05, 0.1) is 22.1 Å². The summed E-state index contributed by atoms with van der Waals surface area (Å²) in [6.45, 7) is 0. The number of rotatable bonds is 4. The Balaban J connectivity index is 1.58. The number of para-hydroxylation sites is 1. The molecule has 1 aliphatic rings. The van der Waals surface area contributed by atoms with E-state index >= 15 is 0 Å². The maximum Gasteiger partial charge on any atom is 0.196 e. The van der Waals surface area contributed by atoms with Gasteiger partial charge in [0.2, 0.25) is 0 Å². The van der Waals surface area contributed by atoms with Gasteiger partial charge in [-0.2, -0.15) is 0 Å². The first-order chi connectivity index (χ1) is 19.9. The zero-order valence-corrected chi connectivity index (χ0v) is 21.6. The van der Waals surface area contributed by atoms with E-state index in [1.54, 1.807) is 12.4 Å². The second-order valence-electron chi connectivity index (χ2n) is 10.1. The summed E-state index contributed by atoms with van der Waals surface area (Å²) in [6, 6.07) is 47.4. The largest absolute Gasteiger partial charge is 0.289 e. The van der Waals surface area contributed by atoms with Crippen LogP contribution >= 0.6 is 0 Å². The van der Waals surface area contributed by atoms with Crippen molar-refractivity contribution in [2.75, 3.05) is 0 Å². The van der Waals surface area contributed by atoms with E-state index < -0.39 is 5.41 Å². The van der Waals surface area contributed by atoms with Crippen LogP contribution in [0.15, 0.2) is 146 Å². The fraction of sp³-hybridized carbons (Fsp3) is 0.0278. The number of nitrogens with zero attached hydrogens (tertiary/aromatic N) is 4. The van der Waals surface area contributed by atoms with E-state index in [0.29, 0.717) is 5.82 Å². The Kier molecular flexibility index (Phi) is 5.01. The molecule has 0 atom stereocenters. The minimum Gasteiger partial charge on any atom is -0.289 e. The molecule has 0 radical (unpaired) electrons. The molecule has 0 bridgehead atoms. The third-order valence-electron chi connectivity index (χ3n) is 8.01. The summed E-state index contributed by atoms with van der Waals surface area (Å²) in [5.74, 6) is 1.35. The fourth-order valence-electron chi connectivity index (χ4n) is 6.38. The predicted octanol–water partition coefficient (Wildman–Crippen LogP) is 7.85. The number of hydrogen-bond acceptors (Lipinski definition) is 3.